The number of aryl methyl sites for hydroxylation is 1. The Labute approximate surface area is 129 Å². The first-order valence-corrected chi connectivity index (χ1v) is 7.79. The van der Waals surface area contributed by atoms with Gasteiger partial charge in [0.25, 0.3) is 0 Å². The molecule has 0 saturated carbocycles. The van der Waals surface area contributed by atoms with Crippen LogP contribution in [-0.4, -0.2) is 16.3 Å². The predicted molar refractivity (Wildman–Crippen MR) is 85.4 cm³/mol. The maximum absolute atomic E-state index is 5.47. The standard InChI is InChI=1S/C18H19N3O/c1-2-5-14(6-3-1)8-9-15-17-13-16(18-7-4-12-22-18)20-21(17)11-10-19-15/h1-7,12-13,15,19H,8-11H2. The quantitative estimate of drug-likeness (QED) is 0.801. The second-order valence-electron chi connectivity index (χ2n) is 5.69. The molecule has 1 atom stereocenters. The molecule has 1 aliphatic heterocycles. The minimum absolute atomic E-state index is 0.352. The molecule has 0 spiro atoms. The molecule has 22 heavy (non-hydrogen) atoms. The molecule has 1 aliphatic rings. The zero-order valence-corrected chi connectivity index (χ0v) is 12.4. The topological polar surface area (TPSA) is 43.0 Å². The molecule has 112 valence electrons. The molecule has 1 aromatic carbocycles. The van der Waals surface area contributed by atoms with Crippen LogP contribution in [0, 0.1) is 0 Å². The Kier molecular flexibility index (Phi) is 3.52. The van der Waals surface area contributed by atoms with Crippen molar-refractivity contribution < 1.29 is 4.42 Å². The summed E-state index contributed by atoms with van der Waals surface area (Å²) in [4.78, 5) is 0. The van der Waals surface area contributed by atoms with Crippen molar-refractivity contribution in [3.8, 4) is 11.5 Å². The SMILES string of the molecule is c1ccc(CCC2NCCn3nc(-c4ccco4)cc32)cc1. The summed E-state index contributed by atoms with van der Waals surface area (Å²) in [5.41, 5.74) is 3.56. The molecule has 0 amide bonds. The average molecular weight is 293 g/mol. The van der Waals surface area contributed by atoms with E-state index in [-0.39, 0.29) is 0 Å². The van der Waals surface area contributed by atoms with Crippen molar-refractivity contribution >= 4 is 0 Å². The van der Waals surface area contributed by atoms with Crippen molar-refractivity contribution in [3.63, 3.8) is 0 Å². The number of nitrogens with zero attached hydrogens (tertiary/aromatic N) is 2. The van der Waals surface area contributed by atoms with E-state index in [4.69, 9.17) is 4.42 Å². The molecule has 1 unspecified atom stereocenters. The molecule has 4 nitrogen and oxygen atoms in total. The average Bonchev–Trinajstić information content (AvgIpc) is 3.22. The highest BCUT2D eigenvalue weighted by molar-refractivity contribution is 5.52. The number of hydrogen-bond donors (Lipinski definition) is 1. The molecule has 3 aromatic rings. The Morgan fingerprint density at radius 2 is 2.09 bits per heavy atom. The predicted octanol–water partition coefficient (Wildman–Crippen LogP) is 3.42. The Morgan fingerprint density at radius 3 is 2.91 bits per heavy atom. The zero-order valence-electron chi connectivity index (χ0n) is 12.4. The third-order valence-electron chi connectivity index (χ3n) is 4.22. The van der Waals surface area contributed by atoms with Crippen molar-refractivity contribution in [1.29, 1.82) is 0 Å². The lowest BCUT2D eigenvalue weighted by Gasteiger charge is -2.25. The molecule has 1 N–H and O–H groups in total. The number of hydrogen-bond acceptors (Lipinski definition) is 3. The molecule has 0 aliphatic carbocycles. The summed E-state index contributed by atoms with van der Waals surface area (Å²) in [6.45, 7) is 1.88. The van der Waals surface area contributed by atoms with Gasteiger partial charge in [-0.15, -0.1) is 0 Å². The van der Waals surface area contributed by atoms with Crippen LogP contribution in [0.4, 0.5) is 0 Å². The maximum Gasteiger partial charge on any atom is 0.154 e. The summed E-state index contributed by atoms with van der Waals surface area (Å²) in [6.07, 6.45) is 3.84. The van der Waals surface area contributed by atoms with Gasteiger partial charge in [-0.05, 0) is 36.6 Å². The number of furan rings is 1. The third-order valence-corrected chi connectivity index (χ3v) is 4.22. The van der Waals surface area contributed by atoms with Crippen molar-refractivity contribution in [2.75, 3.05) is 6.54 Å². The molecule has 0 radical (unpaired) electrons. The molecule has 2 aromatic heterocycles. The van der Waals surface area contributed by atoms with Crippen LogP contribution >= 0.6 is 0 Å². The van der Waals surface area contributed by atoms with Crippen LogP contribution in [0.5, 0.6) is 0 Å². The first-order chi connectivity index (χ1) is 10.9. The van der Waals surface area contributed by atoms with Crippen molar-refractivity contribution in [2.24, 2.45) is 0 Å². The molecular formula is C18H19N3O. The van der Waals surface area contributed by atoms with Crippen LogP contribution in [0.15, 0.2) is 59.2 Å². The summed E-state index contributed by atoms with van der Waals surface area (Å²) in [5, 5.41) is 8.29. The van der Waals surface area contributed by atoms with Crippen molar-refractivity contribution in [1.82, 2.24) is 15.1 Å². The number of nitrogens with one attached hydrogen (secondary N) is 1. The van der Waals surface area contributed by atoms with Gasteiger partial charge in [0, 0.05) is 12.6 Å². The van der Waals surface area contributed by atoms with E-state index in [1.807, 2.05) is 12.1 Å². The van der Waals surface area contributed by atoms with Crippen LogP contribution < -0.4 is 5.32 Å². The fourth-order valence-electron chi connectivity index (χ4n) is 3.09. The van der Waals surface area contributed by atoms with E-state index in [0.717, 1.165) is 37.4 Å². The summed E-state index contributed by atoms with van der Waals surface area (Å²) < 4.78 is 7.58. The van der Waals surface area contributed by atoms with Gasteiger partial charge in [-0.2, -0.15) is 5.10 Å². The Morgan fingerprint density at radius 1 is 1.18 bits per heavy atom. The van der Waals surface area contributed by atoms with Crippen LogP contribution in [0.2, 0.25) is 0 Å². The molecule has 0 fully saturated rings. The molecule has 0 bridgehead atoms. The summed E-state index contributed by atoms with van der Waals surface area (Å²) in [5.74, 6) is 0.837. The summed E-state index contributed by atoms with van der Waals surface area (Å²) in [7, 11) is 0. The van der Waals surface area contributed by atoms with Gasteiger partial charge < -0.3 is 9.73 Å². The monoisotopic (exact) mass is 293 g/mol. The first kappa shape index (κ1) is 13.3. The van der Waals surface area contributed by atoms with Crippen molar-refractivity contribution in [3.05, 3.63) is 66.1 Å². The normalized spacial score (nSPS) is 17.4. The molecule has 4 rings (SSSR count). The van der Waals surface area contributed by atoms with Crippen LogP contribution in [0.3, 0.4) is 0 Å². The highest BCUT2D eigenvalue weighted by Gasteiger charge is 2.22. The molecule has 3 heterocycles. The van der Waals surface area contributed by atoms with Crippen LogP contribution in [0.25, 0.3) is 11.5 Å². The van der Waals surface area contributed by atoms with E-state index in [9.17, 15) is 0 Å². The zero-order chi connectivity index (χ0) is 14.8. The van der Waals surface area contributed by atoms with Gasteiger partial charge >= 0.3 is 0 Å². The van der Waals surface area contributed by atoms with Crippen LogP contribution in [-0.2, 0) is 13.0 Å². The van der Waals surface area contributed by atoms with E-state index in [2.05, 4.69) is 51.5 Å². The highest BCUT2D eigenvalue weighted by atomic mass is 16.3. The van der Waals surface area contributed by atoms with Gasteiger partial charge in [0.2, 0.25) is 0 Å². The van der Waals surface area contributed by atoms with Gasteiger partial charge in [-0.1, -0.05) is 30.3 Å². The minimum Gasteiger partial charge on any atom is -0.463 e. The smallest absolute Gasteiger partial charge is 0.154 e. The lowest BCUT2D eigenvalue weighted by molar-refractivity contribution is 0.384. The Balaban J connectivity index is 1.54. The second-order valence-corrected chi connectivity index (χ2v) is 5.69. The van der Waals surface area contributed by atoms with Crippen LogP contribution in [0.1, 0.15) is 23.7 Å². The van der Waals surface area contributed by atoms with Gasteiger partial charge in [0.15, 0.2) is 5.76 Å². The first-order valence-electron chi connectivity index (χ1n) is 7.79. The minimum atomic E-state index is 0.352. The lowest BCUT2D eigenvalue weighted by Crippen LogP contribution is -2.33. The van der Waals surface area contributed by atoms with Crippen molar-refractivity contribution in [2.45, 2.75) is 25.4 Å². The summed E-state index contributed by atoms with van der Waals surface area (Å²) >= 11 is 0. The molecule has 0 saturated heterocycles. The highest BCUT2D eigenvalue weighted by Crippen LogP contribution is 2.27. The number of rotatable bonds is 4. The van der Waals surface area contributed by atoms with Gasteiger partial charge in [0.1, 0.15) is 5.69 Å². The Hall–Kier alpha value is -2.33. The van der Waals surface area contributed by atoms with E-state index >= 15 is 0 Å². The van der Waals surface area contributed by atoms with E-state index in [1.165, 1.54) is 11.3 Å². The van der Waals surface area contributed by atoms with E-state index in [1.54, 1.807) is 6.26 Å². The Bertz CT molecular complexity index is 731. The summed E-state index contributed by atoms with van der Waals surface area (Å²) in [6, 6.07) is 17.0. The number of fused-ring (bicyclic) bond motifs is 1. The largest absolute Gasteiger partial charge is 0.463 e. The fourth-order valence-corrected chi connectivity index (χ4v) is 3.09. The van der Waals surface area contributed by atoms with E-state index in [0.29, 0.717) is 6.04 Å². The third kappa shape index (κ3) is 2.57. The fraction of sp³-hybridized carbons (Fsp3) is 0.278. The number of aromatic nitrogens is 2. The van der Waals surface area contributed by atoms with Gasteiger partial charge in [-0.25, -0.2) is 0 Å². The molecule has 4 heteroatoms. The maximum atomic E-state index is 5.47. The molecular weight excluding hydrogens is 274 g/mol. The van der Waals surface area contributed by atoms with E-state index < -0.39 is 0 Å². The second kappa shape index (κ2) is 5.81. The lowest BCUT2D eigenvalue weighted by atomic mass is 10.0. The van der Waals surface area contributed by atoms with Gasteiger partial charge in [-0.3, -0.25) is 4.68 Å². The van der Waals surface area contributed by atoms with Gasteiger partial charge in [0.05, 0.1) is 18.5 Å². The number of benzene rings is 1.